The Morgan fingerprint density at radius 2 is 1.56 bits per heavy atom. The molecule has 11 heteroatoms. The number of allylic oxidation sites excluding steroid dienone is 2. The van der Waals surface area contributed by atoms with Crippen LogP contribution in [0.15, 0.2) is 47.5 Å². The van der Waals surface area contributed by atoms with Crippen molar-refractivity contribution in [1.29, 1.82) is 0 Å². The van der Waals surface area contributed by atoms with Crippen molar-refractivity contribution >= 4 is 27.7 Å². The summed E-state index contributed by atoms with van der Waals surface area (Å²) in [5.74, 6) is -5.50. The number of phenols is 1. The average Bonchev–Trinajstić information content (AvgIpc) is 3.13. The largest absolute Gasteiger partial charge is 0.508 e. The molecule has 0 unspecified atom stereocenters. The predicted molar refractivity (Wildman–Crippen MR) is 172 cm³/mol. The van der Waals surface area contributed by atoms with Crippen molar-refractivity contribution in [3.63, 3.8) is 0 Å². The molecule has 0 aliphatic heterocycles. The minimum absolute atomic E-state index is 0.237. The van der Waals surface area contributed by atoms with Crippen LogP contribution < -0.4 is 0 Å². The number of nitrogens with zero attached hydrogens (tertiary/aromatic N) is 2. The molecule has 2 aromatic carbocycles. The summed E-state index contributed by atoms with van der Waals surface area (Å²) in [4.78, 5) is 6.00. The Hall–Kier alpha value is -2.79. The van der Waals surface area contributed by atoms with Gasteiger partial charge in [0.2, 0.25) is 0 Å². The van der Waals surface area contributed by atoms with E-state index >= 15 is 0 Å². The minimum Gasteiger partial charge on any atom is -0.508 e. The highest BCUT2D eigenvalue weighted by Gasteiger charge is 2.56. The molecule has 1 N–H and O–H groups in total. The molecule has 45 heavy (non-hydrogen) atoms. The lowest BCUT2D eigenvalue weighted by atomic mass is 9.88. The highest BCUT2D eigenvalue weighted by Crippen LogP contribution is 2.40. The van der Waals surface area contributed by atoms with Crippen molar-refractivity contribution in [2.45, 2.75) is 89.3 Å². The summed E-state index contributed by atoms with van der Waals surface area (Å²) in [5.41, 5.74) is 7.39. The third-order valence-electron chi connectivity index (χ3n) is 8.32. The third kappa shape index (κ3) is 11.5. The van der Waals surface area contributed by atoms with Gasteiger partial charge in [0.1, 0.15) is 15.6 Å². The van der Waals surface area contributed by atoms with Crippen LogP contribution in [0.2, 0.25) is 0 Å². The number of sulfone groups is 1. The Morgan fingerprint density at radius 3 is 2.24 bits per heavy atom. The highest BCUT2D eigenvalue weighted by atomic mass is 32.2. The molecule has 0 radical (unpaired) electrons. The van der Waals surface area contributed by atoms with Crippen LogP contribution in [0, 0.1) is 0 Å². The average molecular weight is 657 g/mol. The smallest absolute Gasteiger partial charge is 0.453 e. The van der Waals surface area contributed by atoms with Crippen LogP contribution in [0.3, 0.4) is 0 Å². The monoisotopic (exact) mass is 656 g/mol. The molecule has 0 aromatic heterocycles. The van der Waals surface area contributed by atoms with E-state index in [4.69, 9.17) is 0 Å². The van der Waals surface area contributed by atoms with Crippen molar-refractivity contribution < 1.29 is 35.5 Å². The van der Waals surface area contributed by atoms with E-state index in [1.54, 1.807) is 6.07 Å². The van der Waals surface area contributed by atoms with Crippen molar-refractivity contribution in [1.82, 2.24) is 4.90 Å². The molecule has 0 bridgehead atoms. The standard InChI is InChI=1S/C34H45F5N2O3S/c1-40-25-26-13-15-27(16-14-26)30-12-7-10-28-24-29(42)17-18-31(28)32(30)11-5-3-4-6-20-41(2)21-9-23-45(43,44)22-8-19-33(35,36)34(37,38)39/h13-18,24,42H,1,3-12,19-23,25H2,2H3. The summed E-state index contributed by atoms with van der Waals surface area (Å²) in [5, 5.41) is 10.1. The molecule has 3 rings (SSSR count). The van der Waals surface area contributed by atoms with Crippen LogP contribution in [0.5, 0.6) is 5.75 Å². The first-order valence-electron chi connectivity index (χ1n) is 15.6. The number of benzene rings is 2. The summed E-state index contributed by atoms with van der Waals surface area (Å²) in [6.07, 6.45) is 0.163. The zero-order chi connectivity index (χ0) is 33.1. The number of hydrogen-bond donors (Lipinski definition) is 1. The Labute approximate surface area is 264 Å². The fourth-order valence-electron chi connectivity index (χ4n) is 5.86. The van der Waals surface area contributed by atoms with Crippen LogP contribution in [0.25, 0.3) is 11.1 Å². The van der Waals surface area contributed by atoms with Gasteiger partial charge in [-0.25, -0.2) is 8.42 Å². The molecule has 1 aliphatic carbocycles. The lowest BCUT2D eigenvalue weighted by Crippen LogP contribution is -2.36. The van der Waals surface area contributed by atoms with E-state index in [2.05, 4.69) is 36.0 Å². The van der Waals surface area contributed by atoms with Gasteiger partial charge in [0.05, 0.1) is 18.1 Å². The van der Waals surface area contributed by atoms with Gasteiger partial charge in [0.15, 0.2) is 0 Å². The fourth-order valence-corrected chi connectivity index (χ4v) is 7.21. The van der Waals surface area contributed by atoms with Gasteiger partial charge in [-0.05, 0) is 124 Å². The number of alkyl halides is 5. The zero-order valence-electron chi connectivity index (χ0n) is 26.0. The summed E-state index contributed by atoms with van der Waals surface area (Å²) >= 11 is 0. The van der Waals surface area contributed by atoms with Crippen LogP contribution in [0.1, 0.15) is 86.5 Å². The van der Waals surface area contributed by atoms with Crippen LogP contribution in [-0.2, 0) is 22.8 Å². The van der Waals surface area contributed by atoms with Crippen molar-refractivity contribution in [3.05, 3.63) is 64.7 Å². The fraction of sp³-hybridized carbons (Fsp3) is 0.559. The number of phenolic OH excluding ortho intramolecular Hbond substituents is 1. The predicted octanol–water partition coefficient (Wildman–Crippen LogP) is 8.50. The number of fused-ring (bicyclic) bond motifs is 1. The molecule has 0 saturated heterocycles. The first kappa shape index (κ1) is 36.7. The number of hydrogen-bond acceptors (Lipinski definition) is 5. The summed E-state index contributed by atoms with van der Waals surface area (Å²) in [6.45, 7) is 5.44. The van der Waals surface area contributed by atoms with Crippen LogP contribution in [0.4, 0.5) is 22.0 Å². The summed E-state index contributed by atoms with van der Waals surface area (Å²) < 4.78 is 87.1. The highest BCUT2D eigenvalue weighted by molar-refractivity contribution is 7.91. The molecular weight excluding hydrogens is 611 g/mol. The zero-order valence-corrected chi connectivity index (χ0v) is 26.8. The molecule has 0 heterocycles. The number of aliphatic imine (C=N–C) groups is 1. The van der Waals surface area contributed by atoms with Gasteiger partial charge in [0.25, 0.3) is 0 Å². The second kappa shape index (κ2) is 16.7. The van der Waals surface area contributed by atoms with Crippen LogP contribution in [-0.4, -0.2) is 68.9 Å². The van der Waals surface area contributed by atoms with Gasteiger partial charge in [0, 0.05) is 6.42 Å². The molecule has 0 saturated carbocycles. The lowest BCUT2D eigenvalue weighted by molar-refractivity contribution is -0.284. The molecule has 2 aromatic rings. The van der Waals surface area contributed by atoms with Gasteiger partial charge in [-0.15, -0.1) is 0 Å². The van der Waals surface area contributed by atoms with Crippen molar-refractivity contribution in [2.75, 3.05) is 31.6 Å². The molecule has 5 nitrogen and oxygen atoms in total. The van der Waals surface area contributed by atoms with E-state index in [1.807, 2.05) is 24.1 Å². The Kier molecular flexibility index (Phi) is 13.6. The van der Waals surface area contributed by atoms with Crippen LogP contribution >= 0.6 is 0 Å². The molecule has 1 aliphatic rings. The maximum absolute atomic E-state index is 13.0. The first-order chi connectivity index (χ1) is 21.2. The van der Waals surface area contributed by atoms with Crippen molar-refractivity contribution in [3.8, 4) is 5.75 Å². The van der Waals surface area contributed by atoms with Gasteiger partial charge >= 0.3 is 12.1 Å². The minimum atomic E-state index is -5.66. The third-order valence-corrected chi connectivity index (χ3v) is 10.1. The van der Waals surface area contributed by atoms with E-state index in [0.29, 0.717) is 19.5 Å². The van der Waals surface area contributed by atoms with Gasteiger partial charge in [-0.2, -0.15) is 22.0 Å². The number of halogens is 5. The second-order valence-corrected chi connectivity index (χ2v) is 14.3. The number of unbranched alkanes of at least 4 members (excludes halogenated alkanes) is 3. The second-order valence-electron chi connectivity index (χ2n) is 12.0. The van der Waals surface area contributed by atoms with E-state index in [1.165, 1.54) is 27.8 Å². The summed E-state index contributed by atoms with van der Waals surface area (Å²) in [6, 6.07) is 14.2. The normalized spacial score (nSPS) is 14.5. The first-order valence-corrected chi connectivity index (χ1v) is 17.4. The Balaban J connectivity index is 1.46. The van der Waals surface area contributed by atoms with Gasteiger partial charge in [-0.1, -0.05) is 43.2 Å². The summed E-state index contributed by atoms with van der Waals surface area (Å²) in [7, 11) is -1.81. The number of aromatic hydroxyl groups is 1. The van der Waals surface area contributed by atoms with E-state index < -0.39 is 40.5 Å². The maximum atomic E-state index is 13.0. The Morgan fingerprint density at radius 1 is 0.889 bits per heavy atom. The lowest BCUT2D eigenvalue weighted by Gasteiger charge is -2.19. The maximum Gasteiger partial charge on any atom is 0.453 e. The SMILES string of the molecule is C=NCc1ccc(C2=C(CCCCCCN(C)CCCS(=O)(=O)CCCC(F)(F)C(F)(F)F)c3ccc(O)cc3CCC2)cc1. The molecule has 0 spiro atoms. The van der Waals surface area contributed by atoms with E-state index in [9.17, 15) is 35.5 Å². The van der Waals surface area contributed by atoms with E-state index in [0.717, 1.165) is 63.5 Å². The number of aryl methyl sites for hydroxylation is 1. The Bertz CT molecular complexity index is 1390. The molecule has 0 amide bonds. The molecular formula is C34H45F5N2O3S. The van der Waals surface area contributed by atoms with E-state index in [-0.39, 0.29) is 11.5 Å². The quantitative estimate of drug-likeness (QED) is 0.0993. The topological polar surface area (TPSA) is 70.0 Å². The van der Waals surface area contributed by atoms with Gasteiger partial charge in [-0.3, -0.25) is 4.99 Å². The van der Waals surface area contributed by atoms with Crippen molar-refractivity contribution in [2.24, 2.45) is 4.99 Å². The number of rotatable bonds is 18. The molecule has 0 fully saturated rings. The van der Waals surface area contributed by atoms with Gasteiger partial charge < -0.3 is 10.0 Å². The molecule has 0 atom stereocenters. The molecule has 250 valence electrons.